The molecule has 1 fully saturated rings. The molecule has 1 aromatic heterocycles. The van der Waals surface area contributed by atoms with E-state index in [1.165, 1.54) is 12.1 Å². The predicted molar refractivity (Wildman–Crippen MR) is 111 cm³/mol. The van der Waals surface area contributed by atoms with Crippen LogP contribution in [0.4, 0.5) is 10.2 Å². The number of aromatic nitrogens is 2. The minimum absolute atomic E-state index is 0.0874. The third-order valence-electron chi connectivity index (χ3n) is 5.87. The molecule has 29 heavy (non-hydrogen) atoms. The molecule has 2 aromatic rings. The Labute approximate surface area is 171 Å². The van der Waals surface area contributed by atoms with Gasteiger partial charge in [-0.25, -0.2) is 22.8 Å². The molecule has 1 aromatic carbocycles. The second kappa shape index (κ2) is 7.99. The Morgan fingerprint density at radius 1 is 1.14 bits per heavy atom. The lowest BCUT2D eigenvalue weighted by atomic mass is 10.0. The standard InChI is InChI=1S/C21H27FN4O2S/c1-3-29(27,28)26-13-5-7-19(26)20-23-15(2)18-6-4-12-25(21(18)24-20)14-16-8-10-17(22)11-9-16/h8-11,19H,3-7,12-14H2,1-2H3/t19-/m1/s1. The molecule has 0 bridgehead atoms. The quantitative estimate of drug-likeness (QED) is 0.745. The van der Waals surface area contributed by atoms with E-state index in [-0.39, 0.29) is 17.6 Å². The summed E-state index contributed by atoms with van der Waals surface area (Å²) in [6.45, 7) is 5.69. The first-order chi connectivity index (χ1) is 13.9. The van der Waals surface area contributed by atoms with Crippen molar-refractivity contribution in [2.24, 2.45) is 0 Å². The second-order valence-electron chi connectivity index (χ2n) is 7.79. The van der Waals surface area contributed by atoms with Gasteiger partial charge in [0.05, 0.1) is 11.8 Å². The van der Waals surface area contributed by atoms with Crippen molar-refractivity contribution in [1.29, 1.82) is 0 Å². The molecule has 0 N–H and O–H groups in total. The van der Waals surface area contributed by atoms with Gasteiger partial charge in [-0.05, 0) is 57.2 Å². The summed E-state index contributed by atoms with van der Waals surface area (Å²) in [5, 5.41) is 0. The lowest BCUT2D eigenvalue weighted by molar-refractivity contribution is 0.383. The lowest BCUT2D eigenvalue weighted by Crippen LogP contribution is -2.35. The van der Waals surface area contributed by atoms with Gasteiger partial charge in [0.1, 0.15) is 17.5 Å². The van der Waals surface area contributed by atoms with Crippen molar-refractivity contribution in [3.8, 4) is 0 Å². The van der Waals surface area contributed by atoms with Crippen LogP contribution in [0.2, 0.25) is 0 Å². The van der Waals surface area contributed by atoms with Crippen molar-refractivity contribution < 1.29 is 12.8 Å². The summed E-state index contributed by atoms with van der Waals surface area (Å²) in [6, 6.07) is 6.25. The predicted octanol–water partition coefficient (Wildman–Crippen LogP) is 3.36. The van der Waals surface area contributed by atoms with Gasteiger partial charge in [0.25, 0.3) is 0 Å². The molecular weight excluding hydrogens is 391 g/mol. The van der Waals surface area contributed by atoms with E-state index in [9.17, 15) is 12.8 Å². The van der Waals surface area contributed by atoms with Crippen LogP contribution in [0.15, 0.2) is 24.3 Å². The smallest absolute Gasteiger partial charge is 0.214 e. The lowest BCUT2D eigenvalue weighted by Gasteiger charge is -2.32. The first-order valence-electron chi connectivity index (χ1n) is 10.3. The summed E-state index contributed by atoms with van der Waals surface area (Å²) in [5.74, 6) is 1.33. The average Bonchev–Trinajstić information content (AvgIpc) is 3.21. The van der Waals surface area contributed by atoms with Crippen molar-refractivity contribution in [3.63, 3.8) is 0 Å². The van der Waals surface area contributed by atoms with Crippen molar-refractivity contribution in [2.45, 2.75) is 52.1 Å². The summed E-state index contributed by atoms with van der Waals surface area (Å²) in [7, 11) is -3.29. The fourth-order valence-corrected chi connectivity index (χ4v) is 5.65. The Bertz CT molecular complexity index is 994. The highest BCUT2D eigenvalue weighted by atomic mass is 32.2. The zero-order chi connectivity index (χ0) is 20.6. The topological polar surface area (TPSA) is 66.4 Å². The second-order valence-corrected chi connectivity index (χ2v) is 10.0. The van der Waals surface area contributed by atoms with E-state index in [1.807, 2.05) is 6.92 Å². The molecule has 0 spiro atoms. The molecule has 0 saturated carbocycles. The SMILES string of the molecule is CCS(=O)(=O)N1CCC[C@@H]1c1nc(C)c2c(n1)N(Cc1ccc(F)cc1)CCC2. The minimum Gasteiger partial charge on any atom is -0.352 e. The Morgan fingerprint density at radius 3 is 2.62 bits per heavy atom. The van der Waals surface area contributed by atoms with Crippen LogP contribution >= 0.6 is 0 Å². The van der Waals surface area contributed by atoms with Crippen LogP contribution in [0, 0.1) is 12.7 Å². The normalized spacial score (nSPS) is 20.1. The molecule has 2 aliphatic heterocycles. The number of hydrogen-bond acceptors (Lipinski definition) is 5. The first kappa shape index (κ1) is 20.2. The van der Waals surface area contributed by atoms with Gasteiger partial charge in [0.15, 0.2) is 0 Å². The van der Waals surface area contributed by atoms with Gasteiger partial charge in [-0.2, -0.15) is 4.31 Å². The van der Waals surface area contributed by atoms with Crippen molar-refractivity contribution in [3.05, 3.63) is 52.7 Å². The summed E-state index contributed by atoms with van der Waals surface area (Å²) in [6.07, 6.45) is 3.50. The number of rotatable bonds is 5. The Hall–Kier alpha value is -2.06. The fourth-order valence-electron chi connectivity index (χ4n) is 4.32. The van der Waals surface area contributed by atoms with Gasteiger partial charge in [0, 0.05) is 30.9 Å². The Morgan fingerprint density at radius 2 is 1.90 bits per heavy atom. The van der Waals surface area contributed by atoms with E-state index in [0.717, 1.165) is 54.9 Å². The van der Waals surface area contributed by atoms with Gasteiger partial charge in [-0.1, -0.05) is 12.1 Å². The minimum atomic E-state index is -3.29. The molecule has 1 saturated heterocycles. The summed E-state index contributed by atoms with van der Waals surface area (Å²) in [4.78, 5) is 11.8. The molecule has 8 heteroatoms. The van der Waals surface area contributed by atoms with E-state index in [4.69, 9.17) is 9.97 Å². The number of aryl methyl sites for hydroxylation is 1. The molecule has 156 valence electrons. The van der Waals surface area contributed by atoms with Crippen LogP contribution in [0.3, 0.4) is 0 Å². The van der Waals surface area contributed by atoms with E-state index in [1.54, 1.807) is 23.4 Å². The van der Waals surface area contributed by atoms with Gasteiger partial charge < -0.3 is 4.90 Å². The van der Waals surface area contributed by atoms with E-state index < -0.39 is 10.0 Å². The third kappa shape index (κ3) is 4.00. The number of anilines is 1. The van der Waals surface area contributed by atoms with Crippen molar-refractivity contribution in [1.82, 2.24) is 14.3 Å². The molecule has 2 aliphatic rings. The highest BCUT2D eigenvalue weighted by molar-refractivity contribution is 7.89. The molecule has 0 amide bonds. The number of fused-ring (bicyclic) bond motifs is 1. The number of benzene rings is 1. The number of nitrogens with zero attached hydrogens (tertiary/aromatic N) is 4. The maximum atomic E-state index is 13.3. The number of hydrogen-bond donors (Lipinski definition) is 0. The highest BCUT2D eigenvalue weighted by Gasteiger charge is 2.37. The molecule has 1 atom stereocenters. The molecule has 3 heterocycles. The summed E-state index contributed by atoms with van der Waals surface area (Å²) >= 11 is 0. The van der Waals surface area contributed by atoms with Crippen LogP contribution in [0.25, 0.3) is 0 Å². The molecular formula is C21H27FN4O2S. The van der Waals surface area contributed by atoms with Crippen LogP contribution in [-0.4, -0.2) is 41.5 Å². The Balaban J connectivity index is 1.69. The van der Waals surface area contributed by atoms with E-state index in [2.05, 4.69) is 4.90 Å². The van der Waals surface area contributed by atoms with Crippen LogP contribution in [-0.2, 0) is 23.0 Å². The molecule has 0 aliphatic carbocycles. The molecule has 0 radical (unpaired) electrons. The van der Waals surface area contributed by atoms with Crippen LogP contribution in [0.1, 0.15) is 54.9 Å². The maximum absolute atomic E-state index is 13.3. The zero-order valence-corrected chi connectivity index (χ0v) is 17.8. The van der Waals surface area contributed by atoms with Gasteiger partial charge in [0.2, 0.25) is 10.0 Å². The maximum Gasteiger partial charge on any atom is 0.214 e. The van der Waals surface area contributed by atoms with Gasteiger partial charge >= 0.3 is 0 Å². The van der Waals surface area contributed by atoms with E-state index >= 15 is 0 Å². The van der Waals surface area contributed by atoms with Gasteiger partial charge in [-0.15, -0.1) is 0 Å². The summed E-state index contributed by atoms with van der Waals surface area (Å²) < 4.78 is 39.9. The molecule has 4 rings (SSSR count). The van der Waals surface area contributed by atoms with Gasteiger partial charge in [-0.3, -0.25) is 0 Å². The Kier molecular flexibility index (Phi) is 5.57. The summed E-state index contributed by atoms with van der Waals surface area (Å²) in [5.41, 5.74) is 3.08. The zero-order valence-electron chi connectivity index (χ0n) is 16.9. The molecule has 0 unspecified atom stereocenters. The first-order valence-corrected chi connectivity index (χ1v) is 11.9. The van der Waals surface area contributed by atoms with Crippen LogP contribution < -0.4 is 4.90 Å². The van der Waals surface area contributed by atoms with Crippen molar-refractivity contribution >= 4 is 15.8 Å². The highest BCUT2D eigenvalue weighted by Crippen LogP contribution is 2.36. The number of halogens is 1. The van der Waals surface area contributed by atoms with Crippen molar-refractivity contribution in [2.75, 3.05) is 23.7 Å². The van der Waals surface area contributed by atoms with Crippen LogP contribution in [0.5, 0.6) is 0 Å². The van der Waals surface area contributed by atoms with E-state index in [0.29, 0.717) is 18.9 Å². The molecule has 6 nitrogen and oxygen atoms in total. The fraction of sp³-hybridized carbons (Fsp3) is 0.524. The largest absolute Gasteiger partial charge is 0.352 e. The monoisotopic (exact) mass is 418 g/mol. The average molecular weight is 419 g/mol. The third-order valence-corrected chi connectivity index (χ3v) is 7.76. The number of sulfonamides is 1.